The van der Waals surface area contributed by atoms with E-state index in [1.165, 1.54) is 0 Å². The molecule has 2 rings (SSSR count). The molecule has 0 saturated heterocycles. The summed E-state index contributed by atoms with van der Waals surface area (Å²) in [6, 6.07) is 1.82. The Morgan fingerprint density at radius 1 is 1.44 bits per heavy atom. The summed E-state index contributed by atoms with van der Waals surface area (Å²) >= 11 is 11.7. The normalized spacial score (nSPS) is 11.3. The Hall–Kier alpha value is -0.840. The number of ether oxygens (including phenoxy) is 1. The highest BCUT2D eigenvalue weighted by Gasteiger charge is 2.11. The molecule has 0 radical (unpaired) electrons. The minimum absolute atomic E-state index is 0.533. The van der Waals surface area contributed by atoms with Crippen LogP contribution >= 0.6 is 23.2 Å². The zero-order chi connectivity index (χ0) is 13.0. The van der Waals surface area contributed by atoms with Crippen LogP contribution in [0.4, 0.5) is 0 Å². The number of rotatable bonds is 6. The van der Waals surface area contributed by atoms with Crippen LogP contribution in [0.15, 0.2) is 12.3 Å². The van der Waals surface area contributed by atoms with Crippen molar-refractivity contribution in [1.29, 1.82) is 0 Å². The number of hydrogen-bond donors (Lipinski definition) is 0. The Labute approximate surface area is 116 Å². The van der Waals surface area contributed by atoms with Gasteiger partial charge in [0.25, 0.3) is 0 Å². The summed E-state index contributed by atoms with van der Waals surface area (Å²) < 4.78 is 7.42. The summed E-state index contributed by atoms with van der Waals surface area (Å²) in [6.07, 6.45) is 2.34. The van der Waals surface area contributed by atoms with E-state index in [0.717, 1.165) is 23.5 Å². The number of fused-ring (bicyclic) bond motifs is 1. The Morgan fingerprint density at radius 3 is 3.00 bits per heavy atom. The molecular weight excluding hydrogens is 273 g/mol. The Balaban J connectivity index is 2.35. The van der Waals surface area contributed by atoms with Crippen LogP contribution < -0.4 is 0 Å². The average molecular weight is 288 g/mol. The van der Waals surface area contributed by atoms with Crippen LogP contribution in [-0.4, -0.2) is 33.6 Å². The van der Waals surface area contributed by atoms with Gasteiger partial charge in [-0.05, 0) is 13.0 Å². The lowest BCUT2D eigenvalue weighted by molar-refractivity contribution is 0.139. The van der Waals surface area contributed by atoms with Crippen LogP contribution in [-0.2, 0) is 17.7 Å². The molecule has 6 heteroatoms. The summed E-state index contributed by atoms with van der Waals surface area (Å²) in [6.45, 7) is 4.05. The van der Waals surface area contributed by atoms with Gasteiger partial charge in [-0.3, -0.25) is 0 Å². The van der Waals surface area contributed by atoms with Crippen molar-refractivity contribution in [2.75, 3.05) is 19.1 Å². The quantitative estimate of drug-likeness (QED) is 0.606. The lowest BCUT2D eigenvalue weighted by Gasteiger charge is -2.07. The molecule has 0 atom stereocenters. The summed E-state index contributed by atoms with van der Waals surface area (Å²) in [5, 5.41) is 0.592. The highest BCUT2D eigenvalue weighted by molar-refractivity contribution is 6.31. The van der Waals surface area contributed by atoms with Crippen LogP contribution in [0.3, 0.4) is 0 Å². The van der Waals surface area contributed by atoms with Crippen molar-refractivity contribution in [2.24, 2.45) is 0 Å². The first-order chi connectivity index (χ1) is 8.76. The molecule has 0 N–H and O–H groups in total. The van der Waals surface area contributed by atoms with Crippen molar-refractivity contribution >= 4 is 34.4 Å². The Morgan fingerprint density at radius 2 is 2.28 bits per heavy atom. The lowest BCUT2D eigenvalue weighted by Crippen LogP contribution is -2.10. The molecule has 18 heavy (non-hydrogen) atoms. The van der Waals surface area contributed by atoms with Crippen LogP contribution in [0.2, 0.25) is 5.02 Å². The van der Waals surface area contributed by atoms with Crippen molar-refractivity contribution in [2.45, 2.75) is 19.9 Å². The third-order valence-electron chi connectivity index (χ3n) is 2.61. The van der Waals surface area contributed by atoms with E-state index in [9.17, 15) is 0 Å². The van der Waals surface area contributed by atoms with Crippen LogP contribution in [0, 0.1) is 0 Å². The molecule has 0 aromatic carbocycles. The topological polar surface area (TPSA) is 39.9 Å². The van der Waals surface area contributed by atoms with Gasteiger partial charge < -0.3 is 9.30 Å². The van der Waals surface area contributed by atoms with Gasteiger partial charge in [-0.25, -0.2) is 9.97 Å². The molecule has 0 amide bonds. The van der Waals surface area contributed by atoms with E-state index in [-0.39, 0.29) is 0 Å². The molecule has 2 heterocycles. The number of aromatic nitrogens is 3. The minimum Gasteiger partial charge on any atom is -0.380 e. The van der Waals surface area contributed by atoms with E-state index in [4.69, 9.17) is 27.9 Å². The van der Waals surface area contributed by atoms with Gasteiger partial charge in [-0.2, -0.15) is 0 Å². The number of halogens is 2. The molecule has 4 nitrogen and oxygen atoms in total. The molecule has 98 valence electrons. The van der Waals surface area contributed by atoms with Gasteiger partial charge in [-0.1, -0.05) is 11.6 Å². The molecule has 0 bridgehead atoms. The zero-order valence-electron chi connectivity index (χ0n) is 10.2. The summed E-state index contributed by atoms with van der Waals surface area (Å²) in [7, 11) is 0. The Bertz CT molecular complexity index is 527. The monoisotopic (exact) mass is 287 g/mol. The first kappa shape index (κ1) is 13.6. The zero-order valence-corrected chi connectivity index (χ0v) is 11.7. The highest BCUT2D eigenvalue weighted by atomic mass is 35.5. The van der Waals surface area contributed by atoms with Gasteiger partial charge in [0.1, 0.15) is 11.3 Å². The molecule has 0 saturated carbocycles. The van der Waals surface area contributed by atoms with E-state index >= 15 is 0 Å². The molecule has 0 fully saturated rings. The molecule has 0 spiro atoms. The molecule has 2 aromatic heterocycles. The van der Waals surface area contributed by atoms with E-state index in [1.807, 2.05) is 17.6 Å². The standard InChI is InChI=1S/C12H15Cl2N3O/c1-2-18-6-5-17-11(3-4-13)16-10-7-9(14)8-15-12(10)17/h7-8H,2-6H2,1H3. The number of hydrogen-bond acceptors (Lipinski definition) is 3. The third-order valence-corrected chi connectivity index (χ3v) is 3.01. The van der Waals surface area contributed by atoms with Crippen molar-refractivity contribution in [1.82, 2.24) is 14.5 Å². The SMILES string of the molecule is CCOCCn1c(CCCl)nc2cc(Cl)cnc21. The fraction of sp³-hybridized carbons (Fsp3) is 0.500. The molecule has 2 aromatic rings. The number of aryl methyl sites for hydroxylation is 1. The highest BCUT2D eigenvalue weighted by Crippen LogP contribution is 2.18. The van der Waals surface area contributed by atoms with Gasteiger partial charge >= 0.3 is 0 Å². The van der Waals surface area contributed by atoms with Crippen molar-refractivity contribution in [3.63, 3.8) is 0 Å². The van der Waals surface area contributed by atoms with Gasteiger partial charge in [0.05, 0.1) is 11.6 Å². The number of alkyl halides is 1. The summed E-state index contributed by atoms with van der Waals surface area (Å²) in [5.74, 6) is 1.46. The van der Waals surface area contributed by atoms with Crippen molar-refractivity contribution in [3.8, 4) is 0 Å². The summed E-state index contributed by atoms with van der Waals surface area (Å²) in [5.41, 5.74) is 1.64. The van der Waals surface area contributed by atoms with E-state index in [2.05, 4.69) is 9.97 Å². The van der Waals surface area contributed by atoms with E-state index in [0.29, 0.717) is 30.5 Å². The van der Waals surface area contributed by atoms with E-state index in [1.54, 1.807) is 6.20 Å². The second-order valence-electron chi connectivity index (χ2n) is 3.81. The molecule has 0 aliphatic rings. The molecule has 0 aliphatic carbocycles. The maximum Gasteiger partial charge on any atom is 0.160 e. The minimum atomic E-state index is 0.533. The third kappa shape index (κ3) is 2.94. The average Bonchev–Trinajstić information content (AvgIpc) is 2.67. The first-order valence-corrected chi connectivity index (χ1v) is 6.82. The van der Waals surface area contributed by atoms with Crippen LogP contribution in [0.5, 0.6) is 0 Å². The predicted molar refractivity (Wildman–Crippen MR) is 73.5 cm³/mol. The van der Waals surface area contributed by atoms with Crippen LogP contribution in [0.1, 0.15) is 12.7 Å². The predicted octanol–water partition coefficient (Wildman–Crippen LogP) is 2.90. The van der Waals surface area contributed by atoms with Crippen molar-refractivity contribution in [3.05, 3.63) is 23.1 Å². The second-order valence-corrected chi connectivity index (χ2v) is 4.63. The number of nitrogens with zero attached hydrogens (tertiary/aromatic N) is 3. The molecular formula is C12H15Cl2N3O. The lowest BCUT2D eigenvalue weighted by atomic mass is 10.4. The fourth-order valence-electron chi connectivity index (χ4n) is 1.84. The smallest absolute Gasteiger partial charge is 0.160 e. The van der Waals surface area contributed by atoms with Gasteiger partial charge in [-0.15, -0.1) is 11.6 Å². The molecule has 0 aliphatic heterocycles. The van der Waals surface area contributed by atoms with Crippen LogP contribution in [0.25, 0.3) is 11.2 Å². The maximum absolute atomic E-state index is 5.92. The molecule has 0 unspecified atom stereocenters. The number of pyridine rings is 1. The largest absolute Gasteiger partial charge is 0.380 e. The number of imidazole rings is 1. The fourth-order valence-corrected chi connectivity index (χ4v) is 2.16. The van der Waals surface area contributed by atoms with E-state index < -0.39 is 0 Å². The summed E-state index contributed by atoms with van der Waals surface area (Å²) in [4.78, 5) is 8.85. The van der Waals surface area contributed by atoms with Crippen molar-refractivity contribution < 1.29 is 4.74 Å². The van der Waals surface area contributed by atoms with Gasteiger partial charge in [0.2, 0.25) is 0 Å². The van der Waals surface area contributed by atoms with Gasteiger partial charge in [0, 0.05) is 31.6 Å². The van der Waals surface area contributed by atoms with Gasteiger partial charge in [0.15, 0.2) is 5.65 Å². The Kier molecular flexibility index (Phi) is 4.80. The second kappa shape index (κ2) is 6.36. The maximum atomic E-state index is 5.92. The first-order valence-electron chi connectivity index (χ1n) is 5.90.